The largest absolute Gasteiger partial charge is 0.336 e. The average molecular weight is 533 g/mol. The Labute approximate surface area is 226 Å². The van der Waals surface area contributed by atoms with Gasteiger partial charge in [0.1, 0.15) is 0 Å². The van der Waals surface area contributed by atoms with Crippen LogP contribution in [-0.4, -0.2) is 91.9 Å². The maximum Gasteiger partial charge on any atom is 0.253 e. The molecule has 200 valence electrons. The first-order chi connectivity index (χ1) is 18.4. The van der Waals surface area contributed by atoms with E-state index in [1.165, 1.54) is 21.7 Å². The molecule has 0 aliphatic carbocycles. The summed E-state index contributed by atoms with van der Waals surface area (Å²) in [5, 5.41) is 0. The molecule has 8 heteroatoms. The zero-order chi connectivity index (χ0) is 26.5. The highest BCUT2D eigenvalue weighted by molar-refractivity contribution is 7.88. The molecule has 0 radical (unpaired) electrons. The van der Waals surface area contributed by atoms with Gasteiger partial charge >= 0.3 is 0 Å². The lowest BCUT2D eigenvalue weighted by Gasteiger charge is -2.40. The minimum Gasteiger partial charge on any atom is -0.336 e. The van der Waals surface area contributed by atoms with Crippen LogP contribution in [0, 0.1) is 0 Å². The van der Waals surface area contributed by atoms with Crippen molar-refractivity contribution in [2.24, 2.45) is 0 Å². The van der Waals surface area contributed by atoms with Gasteiger partial charge in [-0.15, -0.1) is 0 Å². The molecule has 7 nitrogen and oxygen atoms in total. The molecule has 0 unspecified atom stereocenters. The van der Waals surface area contributed by atoms with Crippen molar-refractivity contribution in [3.05, 3.63) is 107 Å². The maximum atomic E-state index is 13.4. The molecular weight excluding hydrogens is 496 g/mol. The lowest BCUT2D eigenvalue weighted by atomic mass is 9.96. The van der Waals surface area contributed by atoms with E-state index in [2.05, 4.69) is 58.3 Å². The van der Waals surface area contributed by atoms with Crippen molar-refractivity contribution >= 4 is 15.9 Å². The third kappa shape index (κ3) is 6.32. The van der Waals surface area contributed by atoms with Crippen molar-refractivity contribution in [1.29, 1.82) is 0 Å². The molecule has 5 rings (SSSR count). The molecule has 3 aromatic rings. The number of carbonyl (C=O) groups is 1. The van der Waals surface area contributed by atoms with Gasteiger partial charge in [0.2, 0.25) is 10.0 Å². The highest BCUT2D eigenvalue weighted by Gasteiger charge is 2.29. The predicted octanol–water partition coefficient (Wildman–Crippen LogP) is 3.31. The summed E-state index contributed by atoms with van der Waals surface area (Å²) >= 11 is 0. The third-order valence-corrected chi connectivity index (χ3v) is 8.88. The molecule has 2 fully saturated rings. The lowest BCUT2D eigenvalue weighted by molar-refractivity contribution is 0.0597. The second kappa shape index (κ2) is 11.8. The van der Waals surface area contributed by atoms with Gasteiger partial charge in [-0.3, -0.25) is 14.6 Å². The van der Waals surface area contributed by atoms with Gasteiger partial charge in [0.25, 0.3) is 5.91 Å². The van der Waals surface area contributed by atoms with Gasteiger partial charge in [-0.05, 0) is 28.8 Å². The molecule has 0 bridgehead atoms. The van der Waals surface area contributed by atoms with E-state index in [1.807, 2.05) is 41.3 Å². The number of benzene rings is 3. The fourth-order valence-electron chi connectivity index (χ4n) is 5.53. The van der Waals surface area contributed by atoms with Crippen LogP contribution in [0.25, 0.3) is 0 Å². The van der Waals surface area contributed by atoms with Crippen LogP contribution in [0.15, 0.2) is 84.9 Å². The first-order valence-electron chi connectivity index (χ1n) is 13.3. The van der Waals surface area contributed by atoms with E-state index in [0.717, 1.165) is 18.7 Å². The summed E-state index contributed by atoms with van der Waals surface area (Å²) in [6, 6.07) is 29.2. The average Bonchev–Trinajstić information content (AvgIpc) is 2.94. The smallest absolute Gasteiger partial charge is 0.253 e. The Hall–Kier alpha value is -3.04. The van der Waals surface area contributed by atoms with Gasteiger partial charge in [-0.25, -0.2) is 8.42 Å². The van der Waals surface area contributed by atoms with E-state index in [9.17, 15) is 13.2 Å². The number of hydrogen-bond donors (Lipinski definition) is 0. The standard InChI is InChI=1S/C30H36N4O3S/c1-38(36,37)34-21-15-31(16-22-34)24-25-9-8-14-28(23-25)30(35)33-19-17-32(18-20-33)29(26-10-4-2-5-11-26)27-12-6-3-7-13-27/h2-14,23,29H,15-22,24H2,1H3. The number of carbonyl (C=O) groups excluding carboxylic acids is 1. The second-order valence-corrected chi connectivity index (χ2v) is 12.2. The summed E-state index contributed by atoms with van der Waals surface area (Å²) < 4.78 is 25.1. The van der Waals surface area contributed by atoms with E-state index in [-0.39, 0.29) is 11.9 Å². The quantitative estimate of drug-likeness (QED) is 0.467. The molecule has 2 aliphatic rings. The maximum absolute atomic E-state index is 13.4. The van der Waals surface area contributed by atoms with Crippen molar-refractivity contribution in [2.75, 3.05) is 58.6 Å². The predicted molar refractivity (Wildman–Crippen MR) is 150 cm³/mol. The molecule has 0 saturated carbocycles. The zero-order valence-electron chi connectivity index (χ0n) is 21.9. The van der Waals surface area contributed by atoms with E-state index in [4.69, 9.17) is 0 Å². The van der Waals surface area contributed by atoms with Crippen LogP contribution in [0.2, 0.25) is 0 Å². The minimum atomic E-state index is -3.14. The number of amides is 1. The lowest BCUT2D eigenvalue weighted by Crippen LogP contribution is -2.50. The second-order valence-electron chi connectivity index (χ2n) is 10.2. The van der Waals surface area contributed by atoms with Gasteiger partial charge in [0.05, 0.1) is 12.3 Å². The first-order valence-corrected chi connectivity index (χ1v) is 15.1. The molecule has 0 aromatic heterocycles. The number of piperazine rings is 2. The third-order valence-electron chi connectivity index (χ3n) is 7.58. The summed E-state index contributed by atoms with van der Waals surface area (Å²) in [6.07, 6.45) is 1.26. The molecule has 38 heavy (non-hydrogen) atoms. The summed E-state index contributed by atoms with van der Waals surface area (Å²) in [4.78, 5) is 20.1. The van der Waals surface area contributed by atoms with Crippen molar-refractivity contribution < 1.29 is 13.2 Å². The summed E-state index contributed by atoms with van der Waals surface area (Å²) in [7, 11) is -3.14. The summed E-state index contributed by atoms with van der Waals surface area (Å²) in [5.74, 6) is 0.0735. The van der Waals surface area contributed by atoms with Gasteiger partial charge in [0.15, 0.2) is 0 Å². The van der Waals surface area contributed by atoms with E-state index < -0.39 is 10.0 Å². The number of nitrogens with zero attached hydrogens (tertiary/aromatic N) is 4. The van der Waals surface area contributed by atoms with E-state index >= 15 is 0 Å². The van der Waals surface area contributed by atoms with Crippen LogP contribution in [-0.2, 0) is 16.6 Å². The Morgan fingerprint density at radius 1 is 0.737 bits per heavy atom. The van der Waals surface area contributed by atoms with Crippen molar-refractivity contribution in [2.45, 2.75) is 12.6 Å². The van der Waals surface area contributed by atoms with Crippen molar-refractivity contribution in [3.8, 4) is 0 Å². The van der Waals surface area contributed by atoms with Crippen LogP contribution in [0.4, 0.5) is 0 Å². The normalized spacial score (nSPS) is 18.1. The van der Waals surface area contributed by atoms with Crippen LogP contribution in [0.3, 0.4) is 0 Å². The molecule has 2 saturated heterocycles. The first kappa shape index (κ1) is 26.6. The van der Waals surface area contributed by atoms with Gasteiger partial charge in [0, 0.05) is 64.5 Å². The molecular formula is C30H36N4O3S. The molecule has 0 atom stereocenters. The number of rotatable bonds is 7. The number of sulfonamides is 1. The highest BCUT2D eigenvalue weighted by atomic mass is 32.2. The molecule has 1 amide bonds. The van der Waals surface area contributed by atoms with Crippen LogP contribution >= 0.6 is 0 Å². The van der Waals surface area contributed by atoms with Gasteiger partial charge in [-0.2, -0.15) is 4.31 Å². The van der Waals surface area contributed by atoms with Gasteiger partial charge < -0.3 is 4.90 Å². The van der Waals surface area contributed by atoms with Crippen LogP contribution < -0.4 is 0 Å². The Balaban J connectivity index is 1.21. The molecule has 3 aromatic carbocycles. The Morgan fingerprint density at radius 2 is 1.32 bits per heavy atom. The Bertz CT molecular complexity index is 1280. The Kier molecular flexibility index (Phi) is 8.24. The van der Waals surface area contributed by atoms with E-state index in [0.29, 0.717) is 51.4 Å². The number of hydrogen-bond acceptors (Lipinski definition) is 5. The minimum absolute atomic E-state index is 0.0735. The van der Waals surface area contributed by atoms with Crippen molar-refractivity contribution in [1.82, 2.24) is 19.0 Å². The summed E-state index contributed by atoms with van der Waals surface area (Å²) in [5.41, 5.74) is 4.33. The fourth-order valence-corrected chi connectivity index (χ4v) is 6.36. The molecule has 0 spiro atoms. The molecule has 0 N–H and O–H groups in total. The molecule has 2 heterocycles. The molecule has 2 aliphatic heterocycles. The zero-order valence-corrected chi connectivity index (χ0v) is 22.8. The van der Waals surface area contributed by atoms with E-state index in [1.54, 1.807) is 0 Å². The van der Waals surface area contributed by atoms with Gasteiger partial charge in [-0.1, -0.05) is 72.8 Å². The van der Waals surface area contributed by atoms with Crippen LogP contribution in [0.5, 0.6) is 0 Å². The van der Waals surface area contributed by atoms with Crippen molar-refractivity contribution in [3.63, 3.8) is 0 Å². The fraction of sp³-hybridized carbons (Fsp3) is 0.367. The SMILES string of the molecule is CS(=O)(=O)N1CCN(Cc2cccc(C(=O)N3CCN(C(c4ccccc4)c4ccccc4)CC3)c2)CC1. The summed E-state index contributed by atoms with van der Waals surface area (Å²) in [6.45, 7) is 6.11. The highest BCUT2D eigenvalue weighted by Crippen LogP contribution is 2.29. The Morgan fingerprint density at radius 3 is 1.87 bits per heavy atom. The monoisotopic (exact) mass is 532 g/mol. The topological polar surface area (TPSA) is 64.2 Å². The van der Waals surface area contributed by atoms with Crippen LogP contribution in [0.1, 0.15) is 33.1 Å².